The van der Waals surface area contributed by atoms with Gasteiger partial charge in [-0.25, -0.2) is 0 Å². The Bertz CT molecular complexity index is 8.00. The molecule has 0 saturated carbocycles. The summed E-state index contributed by atoms with van der Waals surface area (Å²) in [5.41, 5.74) is 0. The molecule has 0 spiro atoms. The predicted molar refractivity (Wildman–Crippen MR) is 29.8 cm³/mol. The van der Waals surface area contributed by atoms with E-state index in [1.54, 1.807) is 0 Å². The maximum atomic E-state index is 0. The predicted octanol–water partition coefficient (Wildman–Crippen LogP) is -3.55. The van der Waals surface area contributed by atoms with Crippen LogP contribution in [-0.2, 0) is 17.1 Å². The van der Waals surface area contributed by atoms with Crippen LogP contribution in [0.5, 0.6) is 0 Å². The van der Waals surface area contributed by atoms with Crippen molar-refractivity contribution in [1.29, 1.82) is 0 Å². The van der Waals surface area contributed by atoms with Crippen LogP contribution in [0.3, 0.4) is 0 Å². The molecule has 0 unspecified atom stereocenters. The SMILES string of the molecule is [AlH3].[MgH2].[Mn].[SnH4]. The quantitative estimate of drug-likeness (QED) is 0.381. The van der Waals surface area contributed by atoms with Crippen molar-refractivity contribution >= 4 is 64.3 Å². The molecule has 0 nitrogen and oxygen atoms in total. The van der Waals surface area contributed by atoms with Gasteiger partial charge < -0.3 is 0 Å². The van der Waals surface area contributed by atoms with E-state index in [9.17, 15) is 0 Å². The third-order valence-electron chi connectivity index (χ3n) is 0. The zero-order valence-electron chi connectivity index (χ0n) is 0.378. The monoisotopic (exact) mass is 235 g/mol. The molecule has 0 amide bonds. The Balaban J connectivity index is 0. The van der Waals surface area contributed by atoms with Crippen molar-refractivity contribution < 1.29 is 17.1 Å². The van der Waals surface area contributed by atoms with E-state index in [2.05, 4.69) is 0 Å². The second kappa shape index (κ2) is 17.5. The van der Waals surface area contributed by atoms with E-state index in [0.29, 0.717) is 0 Å². The van der Waals surface area contributed by atoms with Crippen LogP contribution in [0.25, 0.3) is 0 Å². The molecule has 0 N–H and O–H groups in total. The van der Waals surface area contributed by atoms with E-state index in [4.69, 9.17) is 0 Å². The first-order valence-corrected chi connectivity index (χ1v) is 0. The Morgan fingerprint density at radius 1 is 1.00 bits per heavy atom. The molecule has 0 aromatic rings. The van der Waals surface area contributed by atoms with E-state index in [1.807, 2.05) is 0 Å². The first kappa shape index (κ1) is 30.5. The summed E-state index contributed by atoms with van der Waals surface area (Å²) in [5, 5.41) is 0. The Kier molecular flexibility index (Phi) is 133. The van der Waals surface area contributed by atoms with Gasteiger partial charge in [-0.15, -0.1) is 0 Å². The van der Waals surface area contributed by atoms with Crippen LogP contribution in [0.2, 0.25) is 0 Å². The van der Waals surface area contributed by atoms with E-state index >= 15 is 0 Å². The van der Waals surface area contributed by atoms with Gasteiger partial charge in [0.05, 0.1) is 0 Å². The van der Waals surface area contributed by atoms with E-state index in [1.165, 1.54) is 0 Å². The molecule has 0 bridgehead atoms. The van der Waals surface area contributed by atoms with Crippen molar-refractivity contribution in [2.75, 3.05) is 0 Å². The summed E-state index contributed by atoms with van der Waals surface area (Å²) in [4.78, 5) is 0. The Hall–Kier alpha value is 2.62. The molecule has 0 fully saturated rings. The van der Waals surface area contributed by atoms with Gasteiger partial charge in [0.15, 0.2) is 17.4 Å². The third kappa shape index (κ3) is 8.82. The van der Waals surface area contributed by atoms with Gasteiger partial charge in [0.2, 0.25) is 0 Å². The fraction of sp³-hybridized carbons (Fsp3) is 0. The molecule has 0 atom stereocenters. The number of hydrogen-bond donors (Lipinski definition) is 0. The van der Waals surface area contributed by atoms with Crippen LogP contribution >= 0.6 is 0 Å². The van der Waals surface area contributed by atoms with E-state index < -0.39 is 0 Å². The first-order chi connectivity index (χ1) is 0. The van der Waals surface area contributed by atoms with E-state index in [-0.39, 0.29) is 81.4 Å². The van der Waals surface area contributed by atoms with Gasteiger partial charge in [0, 0.05) is 17.1 Å². The summed E-state index contributed by atoms with van der Waals surface area (Å²) in [6.45, 7) is 0. The number of hydrogen-bond acceptors (Lipinski definition) is 0. The fourth-order valence-corrected chi connectivity index (χ4v) is 0. The summed E-state index contributed by atoms with van der Waals surface area (Å²) in [5.74, 6) is 0. The standard InChI is InChI=1S/Al.Mg.Mn.Sn.9H. The molecule has 0 aromatic carbocycles. The zero-order valence-corrected chi connectivity index (χ0v) is 1.56. The Morgan fingerprint density at radius 2 is 1.00 bits per heavy atom. The Morgan fingerprint density at radius 3 is 1.00 bits per heavy atom. The average Bonchev–Trinajstić information content (AvgIpc) is 0. The number of rotatable bonds is 0. The molecule has 0 rings (SSSR count). The van der Waals surface area contributed by atoms with Crippen molar-refractivity contribution in [1.82, 2.24) is 0 Å². The van der Waals surface area contributed by atoms with Crippen LogP contribution in [-0.4, -0.2) is 64.3 Å². The molecule has 0 aliphatic heterocycles. The molecule has 0 aliphatic rings. The molecular formula is H9AlMgMnSn. The van der Waals surface area contributed by atoms with Gasteiger partial charge in [-0.05, 0) is 0 Å². The summed E-state index contributed by atoms with van der Waals surface area (Å²) in [6.07, 6.45) is 0. The van der Waals surface area contributed by atoms with Gasteiger partial charge in [-0.1, -0.05) is 0 Å². The molecule has 25 valence electrons. The topological polar surface area (TPSA) is 0 Å². The van der Waals surface area contributed by atoms with Crippen molar-refractivity contribution in [3.8, 4) is 0 Å². The van der Waals surface area contributed by atoms with Crippen LogP contribution in [0.1, 0.15) is 0 Å². The summed E-state index contributed by atoms with van der Waals surface area (Å²) in [6, 6.07) is 0. The minimum atomic E-state index is 0. The normalized spacial score (nSPS) is 0. The second-order valence-electron chi connectivity index (χ2n) is 0. The van der Waals surface area contributed by atoms with Crippen molar-refractivity contribution in [3.63, 3.8) is 0 Å². The molecule has 0 aliphatic carbocycles. The molecule has 0 saturated heterocycles. The van der Waals surface area contributed by atoms with Crippen molar-refractivity contribution in [2.45, 2.75) is 0 Å². The molecule has 1 radical (unpaired) electrons. The van der Waals surface area contributed by atoms with Gasteiger partial charge in [-0.3, -0.25) is 0 Å². The van der Waals surface area contributed by atoms with Crippen LogP contribution in [0.4, 0.5) is 0 Å². The third-order valence-corrected chi connectivity index (χ3v) is 0. The minimum absolute atomic E-state index is 0. The Labute approximate surface area is 80.2 Å². The van der Waals surface area contributed by atoms with Gasteiger partial charge in [-0.2, -0.15) is 0 Å². The molecule has 4 heavy (non-hydrogen) atoms. The van der Waals surface area contributed by atoms with Crippen LogP contribution < -0.4 is 0 Å². The molecule has 4 heteroatoms. The average molecular weight is 234 g/mol. The van der Waals surface area contributed by atoms with E-state index in [0.717, 1.165) is 0 Å². The van der Waals surface area contributed by atoms with Crippen molar-refractivity contribution in [2.24, 2.45) is 0 Å². The van der Waals surface area contributed by atoms with Crippen LogP contribution in [0, 0.1) is 0 Å². The zero-order chi connectivity index (χ0) is 0. The molecule has 0 aromatic heterocycles. The summed E-state index contributed by atoms with van der Waals surface area (Å²) < 4.78 is 0. The summed E-state index contributed by atoms with van der Waals surface area (Å²) in [7, 11) is 0. The maximum absolute atomic E-state index is 0. The fourth-order valence-electron chi connectivity index (χ4n) is 0. The summed E-state index contributed by atoms with van der Waals surface area (Å²) >= 11 is 0. The van der Waals surface area contributed by atoms with Crippen LogP contribution in [0.15, 0.2) is 0 Å². The molecular weight excluding hydrogens is 225 g/mol. The van der Waals surface area contributed by atoms with Gasteiger partial charge in [0.1, 0.15) is 0 Å². The molecule has 0 heterocycles. The van der Waals surface area contributed by atoms with Gasteiger partial charge >= 0.3 is 47.0 Å². The second-order valence-corrected chi connectivity index (χ2v) is 0. The first-order valence-electron chi connectivity index (χ1n) is 0. The van der Waals surface area contributed by atoms with Gasteiger partial charge in [0.25, 0.3) is 0 Å². The van der Waals surface area contributed by atoms with Crippen molar-refractivity contribution in [3.05, 3.63) is 0 Å².